The number of fused-ring (bicyclic) bond motifs is 5. The second-order valence-electron chi connectivity index (χ2n) is 27.1. The van der Waals surface area contributed by atoms with E-state index in [9.17, 15) is 0 Å². The van der Waals surface area contributed by atoms with Crippen LogP contribution in [0.1, 0.15) is 98.1 Å². The fraction of sp³-hybridized carbons (Fsp3) is 0.222. The van der Waals surface area contributed by atoms with Crippen LogP contribution >= 0.6 is 0 Å². The maximum absolute atomic E-state index is 5.03. The van der Waals surface area contributed by atoms with Crippen LogP contribution in [0, 0.1) is 40.5 Å². The Morgan fingerprint density at radius 1 is 0.310 bits per heavy atom. The molecule has 5 aromatic heterocycles. The predicted molar refractivity (Wildman–Crippen MR) is 412 cm³/mol. The zero-order chi connectivity index (χ0) is 70.7. The van der Waals surface area contributed by atoms with Gasteiger partial charge in [-0.25, -0.2) is 23.7 Å². The van der Waals surface area contributed by atoms with Gasteiger partial charge in [0.1, 0.15) is 54.1 Å². The van der Waals surface area contributed by atoms with Crippen LogP contribution in [-0.2, 0) is 41.7 Å². The zero-order valence-electron chi connectivity index (χ0n) is 61.2. The lowest BCUT2D eigenvalue weighted by molar-refractivity contribution is -0.636. The monoisotopic (exact) mass is 1320 g/mol. The maximum atomic E-state index is 5.03. The zero-order valence-corrected chi connectivity index (χ0v) is 61.2. The molecule has 0 saturated heterocycles. The van der Waals surface area contributed by atoms with Crippen molar-refractivity contribution in [2.75, 3.05) is 0 Å². The van der Waals surface area contributed by atoms with Crippen LogP contribution in [0.4, 0.5) is 0 Å². The van der Waals surface area contributed by atoms with Gasteiger partial charge in [0, 0.05) is 24.5 Å². The van der Waals surface area contributed by atoms with Gasteiger partial charge in [-0.15, -0.1) is 0 Å². The standard InChI is InChI=1S/C20H23N2.2C19H21N2.2C16H15N2/c1-14(2)13-18-17-11-7-8-12-19(17)22(4)20(21-18)16-10-6-5-9-15(16)3;1-13(2)18-16-11-7-8-12-17(16)21(4)19(20-18)15-10-6-5-9-14(15)3;1-13(2)15-10-7-11-17-19(15)20-12-18(21(17)4)16-9-6-5-8-14(16)3;1-12-7-3-5-9-14(12)16-17-11-13-8-4-6-10-15(13)18(16)2;1-12-7-3-4-8-13(12)16-11-17-14-9-5-6-10-15(14)18(16)2/h5-12,14H,13H2,1-4H3;2*5-13H,1-4H3;2*3-11H,1-2H3/q5*+1. The topological polar surface area (TPSA) is 83.8 Å². The molecule has 0 N–H and O–H groups in total. The lowest BCUT2D eigenvalue weighted by Crippen LogP contribution is -2.34. The molecular weight excluding hydrogens is 1220 g/mol. The molecule has 0 bridgehead atoms. The molecule has 0 radical (unpaired) electrons. The first-order valence-corrected chi connectivity index (χ1v) is 34.9. The Balaban J connectivity index is 0.000000126. The minimum Gasteiger partial charge on any atom is -0.243 e. The average molecular weight is 1320 g/mol. The Morgan fingerprint density at radius 3 is 1.23 bits per heavy atom. The smallest absolute Gasteiger partial charge is 0.243 e. The summed E-state index contributed by atoms with van der Waals surface area (Å²) in [5.41, 5.74) is 26.5. The fourth-order valence-electron chi connectivity index (χ4n) is 13.3. The summed E-state index contributed by atoms with van der Waals surface area (Å²) in [5, 5.41) is 3.67. The van der Waals surface area contributed by atoms with Crippen molar-refractivity contribution < 1.29 is 22.8 Å². The Hall–Kier alpha value is -11.1. The molecule has 5 heterocycles. The van der Waals surface area contributed by atoms with Gasteiger partial charge in [0.2, 0.25) is 22.4 Å². The molecule has 0 aliphatic heterocycles. The van der Waals surface area contributed by atoms with E-state index in [1.165, 1.54) is 105 Å². The highest BCUT2D eigenvalue weighted by Crippen LogP contribution is 2.30. The first kappa shape index (κ1) is 70.2. The lowest BCUT2D eigenvalue weighted by Gasteiger charge is -2.10. The van der Waals surface area contributed by atoms with Crippen molar-refractivity contribution in [3.8, 4) is 56.7 Å². The van der Waals surface area contributed by atoms with E-state index in [0.29, 0.717) is 17.8 Å². The molecule has 15 aromatic rings. The van der Waals surface area contributed by atoms with Crippen LogP contribution in [0.2, 0.25) is 0 Å². The van der Waals surface area contributed by atoms with E-state index in [-0.39, 0.29) is 0 Å². The minimum atomic E-state index is 0.402. The first-order valence-electron chi connectivity index (χ1n) is 34.9. The van der Waals surface area contributed by atoms with E-state index in [1.807, 2.05) is 42.9 Å². The molecule has 0 unspecified atom stereocenters. The Kier molecular flexibility index (Phi) is 22.2. The number of aryl methyl sites for hydroxylation is 10. The van der Waals surface area contributed by atoms with Gasteiger partial charge in [0.15, 0.2) is 17.6 Å². The number of nitrogens with zero attached hydrogens (tertiary/aromatic N) is 10. The van der Waals surface area contributed by atoms with Gasteiger partial charge < -0.3 is 0 Å². The molecule has 0 spiro atoms. The van der Waals surface area contributed by atoms with E-state index in [4.69, 9.17) is 15.0 Å². The maximum Gasteiger partial charge on any atom is 0.331 e. The molecule has 0 atom stereocenters. The Labute approximate surface area is 591 Å². The van der Waals surface area contributed by atoms with Gasteiger partial charge in [-0.05, 0) is 168 Å². The van der Waals surface area contributed by atoms with Crippen molar-refractivity contribution in [1.29, 1.82) is 0 Å². The normalized spacial score (nSPS) is 11.1. The quantitative estimate of drug-likeness (QED) is 0.134. The third-order valence-electron chi connectivity index (χ3n) is 18.9. The summed E-state index contributed by atoms with van der Waals surface area (Å²) >= 11 is 0. The number of hydrogen-bond acceptors (Lipinski definition) is 5. The molecule has 100 heavy (non-hydrogen) atoms. The van der Waals surface area contributed by atoms with Gasteiger partial charge in [0.05, 0.1) is 65.1 Å². The van der Waals surface area contributed by atoms with Crippen LogP contribution in [-0.4, -0.2) is 24.9 Å². The van der Waals surface area contributed by atoms with Crippen molar-refractivity contribution >= 4 is 54.8 Å². The molecule has 500 valence electrons. The van der Waals surface area contributed by atoms with Crippen molar-refractivity contribution in [1.82, 2.24) is 24.9 Å². The SMILES string of the molecule is Cc1ccccc1-c1cnc2c(C(C)C)cccc2[n+]1C.Cc1ccccc1-c1cnc2ccccc2[n+]1C.Cc1ccccc1-c1nc(C(C)C)c2ccccc2[n+]1C.Cc1ccccc1-c1nc(CC(C)C)c2ccccc2[n+]1C.Cc1ccccc1-c1ncc2ccccc2[n+]1C. The molecule has 0 aliphatic carbocycles. The Bertz CT molecular complexity index is 5270. The summed E-state index contributed by atoms with van der Waals surface area (Å²) < 4.78 is 11.0. The van der Waals surface area contributed by atoms with Crippen LogP contribution in [0.3, 0.4) is 0 Å². The molecule has 10 heteroatoms. The molecule has 0 fully saturated rings. The largest absolute Gasteiger partial charge is 0.331 e. The summed E-state index contributed by atoms with van der Waals surface area (Å²) in [6.45, 7) is 24.0. The number of hydrogen-bond donors (Lipinski definition) is 0. The van der Waals surface area contributed by atoms with E-state index < -0.39 is 0 Å². The molecule has 10 aromatic carbocycles. The number of rotatable bonds is 9. The summed E-state index contributed by atoms with van der Waals surface area (Å²) in [6, 6.07) is 82.1. The highest BCUT2D eigenvalue weighted by Gasteiger charge is 2.26. The predicted octanol–water partition coefficient (Wildman–Crippen LogP) is 18.6. The first-order chi connectivity index (χ1) is 48.3. The van der Waals surface area contributed by atoms with Gasteiger partial charge in [-0.3, -0.25) is 0 Å². The lowest BCUT2D eigenvalue weighted by atomic mass is 10.0. The van der Waals surface area contributed by atoms with Gasteiger partial charge in [0.25, 0.3) is 0 Å². The van der Waals surface area contributed by atoms with Crippen LogP contribution in [0.15, 0.2) is 255 Å². The van der Waals surface area contributed by atoms with Crippen molar-refractivity contribution in [2.24, 2.45) is 41.2 Å². The molecule has 0 saturated carbocycles. The average Bonchev–Trinajstić information content (AvgIpc) is 0.792. The highest BCUT2D eigenvalue weighted by atomic mass is 15.0. The second-order valence-corrected chi connectivity index (χ2v) is 27.1. The number of aromatic nitrogens is 10. The van der Waals surface area contributed by atoms with Crippen molar-refractivity contribution in [3.63, 3.8) is 0 Å². The summed E-state index contributed by atoms with van der Waals surface area (Å²) in [4.78, 5) is 23.9. The third kappa shape index (κ3) is 15.3. The van der Waals surface area contributed by atoms with Gasteiger partial charge >= 0.3 is 17.5 Å². The molecule has 0 aliphatic rings. The van der Waals surface area contributed by atoms with E-state index >= 15 is 0 Å². The van der Waals surface area contributed by atoms with E-state index in [0.717, 1.165) is 57.2 Å². The van der Waals surface area contributed by atoms with E-state index in [1.54, 1.807) is 0 Å². The minimum absolute atomic E-state index is 0.402. The van der Waals surface area contributed by atoms with Crippen molar-refractivity contribution in [2.45, 2.75) is 94.4 Å². The molecular formula is C90H95N10+5. The summed E-state index contributed by atoms with van der Waals surface area (Å²) in [7, 11) is 10.5. The number of para-hydroxylation sites is 6. The summed E-state index contributed by atoms with van der Waals surface area (Å²) in [6.07, 6.45) is 6.89. The fourth-order valence-corrected chi connectivity index (χ4v) is 13.3. The Morgan fingerprint density at radius 2 is 0.710 bits per heavy atom. The molecule has 10 nitrogen and oxygen atoms in total. The van der Waals surface area contributed by atoms with Gasteiger partial charge in [-0.2, -0.15) is 9.13 Å². The van der Waals surface area contributed by atoms with E-state index in [2.05, 4.69) is 357 Å². The van der Waals surface area contributed by atoms with Crippen molar-refractivity contribution in [3.05, 3.63) is 300 Å². The molecule has 15 rings (SSSR count). The summed E-state index contributed by atoms with van der Waals surface area (Å²) in [5.74, 6) is 4.56. The van der Waals surface area contributed by atoms with Gasteiger partial charge in [-0.1, -0.05) is 193 Å². The molecule has 0 amide bonds. The van der Waals surface area contributed by atoms with Crippen LogP contribution in [0.25, 0.3) is 111 Å². The second kappa shape index (κ2) is 31.6. The number of benzene rings is 10. The van der Waals surface area contributed by atoms with Crippen LogP contribution in [0.5, 0.6) is 0 Å². The van der Waals surface area contributed by atoms with Crippen LogP contribution < -0.4 is 22.8 Å². The third-order valence-corrected chi connectivity index (χ3v) is 18.9. The highest BCUT2D eigenvalue weighted by molar-refractivity contribution is 5.82.